The van der Waals surface area contributed by atoms with Crippen LogP contribution in [-0.2, 0) is 36.9 Å². The summed E-state index contributed by atoms with van der Waals surface area (Å²) < 4.78 is 3.81. The summed E-state index contributed by atoms with van der Waals surface area (Å²) in [5, 5.41) is 23.3. The zero-order valence-corrected chi connectivity index (χ0v) is 29.3. The highest BCUT2D eigenvalue weighted by atomic mass is 16.3. The van der Waals surface area contributed by atoms with E-state index in [4.69, 9.17) is 0 Å². The van der Waals surface area contributed by atoms with Gasteiger partial charge in [-0.15, -0.1) is 4.52 Å². The summed E-state index contributed by atoms with van der Waals surface area (Å²) in [5.41, 5.74) is 2.61. The minimum Gasteiger partial charge on any atom is -0.513 e. The quantitative estimate of drug-likeness (QED) is 0.0955. The molecule has 1 aliphatic heterocycles. The van der Waals surface area contributed by atoms with E-state index in [0.717, 1.165) is 22.1 Å². The number of aliphatic hydroxyl groups excluding tert-OH is 1. The highest BCUT2D eigenvalue weighted by Crippen LogP contribution is 2.26. The minimum atomic E-state index is -1.19. The number of fused-ring (bicyclic) bond motifs is 2. The summed E-state index contributed by atoms with van der Waals surface area (Å²) in [6.45, 7) is 7.32. The van der Waals surface area contributed by atoms with Crippen LogP contribution < -0.4 is 20.5 Å². The third kappa shape index (κ3) is 8.99. The van der Waals surface area contributed by atoms with Crippen LogP contribution >= 0.6 is 0 Å². The first kappa shape index (κ1) is 36.7. The van der Waals surface area contributed by atoms with Crippen molar-refractivity contribution >= 4 is 46.0 Å². The number of carbonyl (C=O) groups excluding carboxylic acids is 5. The molecule has 1 aromatic carbocycles. The number of benzene rings is 1. The van der Waals surface area contributed by atoms with E-state index in [1.807, 2.05) is 67.2 Å². The molecule has 270 valence electrons. The zero-order valence-electron chi connectivity index (χ0n) is 29.3. The Hall–Kier alpha value is -5.53. The number of likely N-dealkylation sites (N-methyl/N-ethyl adjacent to an activating group) is 1. The summed E-state index contributed by atoms with van der Waals surface area (Å²) in [6.07, 6.45) is 8.48. The maximum Gasteiger partial charge on any atom is 0.307 e. The number of nitrogens with one attached hydrogen (secondary N) is 4. The topological polar surface area (TPSA) is 182 Å². The van der Waals surface area contributed by atoms with Crippen molar-refractivity contribution in [3.63, 3.8) is 0 Å². The number of para-hydroxylation sites is 1. The molecule has 4 amide bonds. The van der Waals surface area contributed by atoms with Gasteiger partial charge in [0.1, 0.15) is 18.3 Å². The van der Waals surface area contributed by atoms with Gasteiger partial charge in [-0.3, -0.25) is 24.0 Å². The lowest BCUT2D eigenvalue weighted by Gasteiger charge is -2.34. The highest BCUT2D eigenvalue weighted by Gasteiger charge is 2.37. The number of nitrogens with zero attached hydrogens (tertiary/aromatic N) is 4. The Bertz CT molecular complexity index is 1910. The van der Waals surface area contributed by atoms with Crippen LogP contribution in [0.5, 0.6) is 0 Å². The van der Waals surface area contributed by atoms with E-state index in [2.05, 4.69) is 32.6 Å². The number of ketones is 1. The second kappa shape index (κ2) is 16.5. The molecule has 0 aliphatic carbocycles. The molecular weight excluding hydrogens is 652 g/mol. The van der Waals surface area contributed by atoms with Crippen molar-refractivity contribution < 1.29 is 33.6 Å². The molecule has 3 aromatic heterocycles. The average Bonchev–Trinajstić information content (AvgIpc) is 3.70. The van der Waals surface area contributed by atoms with Crippen LogP contribution in [0, 0.1) is 11.8 Å². The summed E-state index contributed by atoms with van der Waals surface area (Å²) in [7, 11) is 1.54. The molecule has 1 aliphatic rings. The number of aromatic nitrogens is 4. The molecule has 1 fully saturated rings. The number of imidazole rings is 1. The number of carbonyl (C=O) groups is 5. The molecule has 0 saturated carbocycles. The van der Waals surface area contributed by atoms with Crippen LogP contribution in [0.1, 0.15) is 51.5 Å². The molecule has 4 heterocycles. The number of amides is 4. The number of aliphatic hydroxyl groups is 1. The maximum atomic E-state index is 14.3. The molecule has 5 rings (SSSR count). The van der Waals surface area contributed by atoms with Crippen molar-refractivity contribution in [2.24, 2.45) is 11.8 Å². The lowest BCUT2D eigenvalue weighted by molar-refractivity contribution is -0.671. The largest absolute Gasteiger partial charge is 0.513 e. The van der Waals surface area contributed by atoms with Gasteiger partial charge in [0.2, 0.25) is 23.6 Å². The van der Waals surface area contributed by atoms with Crippen LogP contribution in [0.2, 0.25) is 0 Å². The number of rotatable bonds is 10. The van der Waals surface area contributed by atoms with Gasteiger partial charge in [0.05, 0.1) is 31.1 Å². The summed E-state index contributed by atoms with van der Waals surface area (Å²) in [6, 6.07) is 8.29. The Labute approximate surface area is 296 Å². The first-order chi connectivity index (χ1) is 24.4. The fourth-order valence-corrected chi connectivity index (χ4v) is 6.85. The predicted octanol–water partition coefficient (Wildman–Crippen LogP) is 2.14. The molecule has 5 N–H and O–H groups in total. The second-order valence-corrected chi connectivity index (χ2v) is 13.6. The molecule has 0 spiro atoms. The summed E-state index contributed by atoms with van der Waals surface area (Å²) >= 11 is 0. The fourth-order valence-electron chi connectivity index (χ4n) is 6.85. The number of aromatic amines is 1. The molecular formula is C37H47N8O6+. The number of unbranched alkanes of at least 4 members (excludes halogenated alkanes) is 1. The molecule has 4 unspecified atom stereocenters. The van der Waals surface area contributed by atoms with Gasteiger partial charge in [-0.25, -0.2) is 4.57 Å². The van der Waals surface area contributed by atoms with E-state index in [9.17, 15) is 29.1 Å². The number of hydrogen-bond acceptors (Lipinski definition) is 7. The first-order valence-corrected chi connectivity index (χ1v) is 17.3. The van der Waals surface area contributed by atoms with Crippen LogP contribution in [0.15, 0.2) is 73.5 Å². The van der Waals surface area contributed by atoms with Gasteiger partial charge in [0.15, 0.2) is 12.0 Å². The number of H-pyrrole nitrogens is 1. The van der Waals surface area contributed by atoms with Gasteiger partial charge in [0, 0.05) is 49.0 Å². The summed E-state index contributed by atoms with van der Waals surface area (Å²) in [4.78, 5) is 73.2. The third-order valence-electron chi connectivity index (χ3n) is 9.40. The van der Waals surface area contributed by atoms with Crippen molar-refractivity contribution in [1.29, 1.82) is 0 Å². The van der Waals surface area contributed by atoms with Crippen molar-refractivity contribution in [3.8, 4) is 0 Å². The van der Waals surface area contributed by atoms with Gasteiger partial charge in [0.25, 0.3) is 0 Å². The Kier molecular flexibility index (Phi) is 11.9. The monoisotopic (exact) mass is 699 g/mol. The van der Waals surface area contributed by atoms with Crippen molar-refractivity contribution in [3.05, 3.63) is 79.1 Å². The third-order valence-corrected chi connectivity index (χ3v) is 9.40. The van der Waals surface area contributed by atoms with E-state index in [0.29, 0.717) is 19.4 Å². The SMILES string of the molecule is C=C(O)CC1NC(=O)CNC(=O)C(CCCC[n+]2ccn3ncccc32)NC(=O)C(C(C)C)N(C)C(=O)C(Cc2c[nH]c3ccccc23)CC1=O. The molecule has 4 atom stereocenters. The molecule has 51 heavy (non-hydrogen) atoms. The lowest BCUT2D eigenvalue weighted by atomic mass is 9.88. The lowest BCUT2D eigenvalue weighted by Crippen LogP contribution is -2.57. The Morgan fingerprint density at radius 1 is 1.04 bits per heavy atom. The molecule has 1 saturated heterocycles. The van der Waals surface area contributed by atoms with Gasteiger partial charge in [-0.1, -0.05) is 43.7 Å². The first-order valence-electron chi connectivity index (χ1n) is 17.3. The van der Waals surface area contributed by atoms with Gasteiger partial charge in [-0.05, 0) is 49.3 Å². The zero-order chi connectivity index (χ0) is 36.7. The van der Waals surface area contributed by atoms with E-state index >= 15 is 0 Å². The standard InChI is InChI=1S/C37H46N8O6/c1-23(2)34-36(50)42-29(12-7-8-15-44-16-17-45-33(44)13-9-14-40-45)35(49)39-22-32(48)41-30(18-24(3)46)31(47)20-25(37(51)43(34)4)19-26-21-38-28-11-6-5-10-27(26)28/h5-6,9-11,13-14,16-17,21,23,25,29-30,34,38H,3,7-8,12,15,18-20,22H2,1-2,4H3,(H3-,39,41,42,46,48,49,50)/p+1. The Balaban J connectivity index is 1.40. The highest BCUT2D eigenvalue weighted by molar-refractivity contribution is 5.97. The van der Waals surface area contributed by atoms with Crippen LogP contribution in [0.25, 0.3) is 16.6 Å². The van der Waals surface area contributed by atoms with E-state index in [1.165, 1.54) is 11.9 Å². The average molecular weight is 700 g/mol. The van der Waals surface area contributed by atoms with Gasteiger partial charge >= 0.3 is 5.65 Å². The maximum absolute atomic E-state index is 14.3. The minimum absolute atomic E-state index is 0.181. The van der Waals surface area contributed by atoms with Gasteiger partial charge in [-0.2, -0.15) is 0 Å². The number of hydrogen-bond donors (Lipinski definition) is 5. The molecule has 0 radical (unpaired) electrons. The molecule has 0 bridgehead atoms. The van der Waals surface area contributed by atoms with Crippen molar-refractivity contribution in [2.45, 2.75) is 77.0 Å². The van der Waals surface area contributed by atoms with Crippen LogP contribution in [-0.4, -0.2) is 85.7 Å². The Morgan fingerprint density at radius 2 is 1.82 bits per heavy atom. The smallest absolute Gasteiger partial charge is 0.307 e. The van der Waals surface area contributed by atoms with E-state index < -0.39 is 60.0 Å². The Morgan fingerprint density at radius 3 is 2.59 bits per heavy atom. The van der Waals surface area contributed by atoms with E-state index in [1.54, 1.807) is 16.9 Å². The molecule has 14 nitrogen and oxygen atoms in total. The number of aryl methyl sites for hydroxylation is 1. The molecule has 14 heteroatoms. The van der Waals surface area contributed by atoms with Gasteiger partial charge < -0.3 is 30.9 Å². The normalized spacial score (nSPS) is 21.3. The second-order valence-electron chi connectivity index (χ2n) is 13.6. The predicted molar refractivity (Wildman–Crippen MR) is 189 cm³/mol. The van der Waals surface area contributed by atoms with E-state index in [-0.39, 0.29) is 37.4 Å². The van der Waals surface area contributed by atoms with Crippen molar-refractivity contribution in [2.75, 3.05) is 13.6 Å². The fraction of sp³-hybridized carbons (Fsp3) is 0.432. The van der Waals surface area contributed by atoms with Crippen molar-refractivity contribution in [1.82, 2.24) is 35.4 Å². The summed E-state index contributed by atoms with van der Waals surface area (Å²) in [5.74, 6) is -4.22. The number of Topliss-reactive ketones (excluding diaryl/α,β-unsaturated/α-hetero) is 1. The van der Waals surface area contributed by atoms with Crippen LogP contribution in [0.3, 0.4) is 0 Å². The molecule has 4 aromatic rings. The van der Waals surface area contributed by atoms with Crippen LogP contribution in [0.4, 0.5) is 0 Å².